The summed E-state index contributed by atoms with van der Waals surface area (Å²) >= 11 is 0. The molecule has 0 bridgehead atoms. The molecule has 2 heterocycles. The summed E-state index contributed by atoms with van der Waals surface area (Å²) in [7, 11) is -3.60. The van der Waals surface area contributed by atoms with Crippen LogP contribution in [-0.4, -0.2) is 44.9 Å². The van der Waals surface area contributed by atoms with E-state index in [1.54, 1.807) is 6.92 Å². The second kappa shape index (κ2) is 10.2. The smallest absolute Gasteiger partial charge is 0.260 e. The highest BCUT2D eigenvalue weighted by molar-refractivity contribution is 7.91. The van der Waals surface area contributed by atoms with Crippen LogP contribution in [0.2, 0.25) is 0 Å². The normalized spacial score (nSPS) is 16.0. The van der Waals surface area contributed by atoms with Gasteiger partial charge in [-0.3, -0.25) is 4.79 Å². The monoisotopic (exact) mass is 456 g/mol. The summed E-state index contributed by atoms with van der Waals surface area (Å²) in [5, 5.41) is 2.57. The molecule has 0 spiro atoms. The maximum atomic E-state index is 13.4. The van der Waals surface area contributed by atoms with Crippen molar-refractivity contribution in [1.29, 1.82) is 0 Å². The van der Waals surface area contributed by atoms with Gasteiger partial charge in [0, 0.05) is 6.61 Å². The number of benzene rings is 1. The molecule has 164 valence electrons. The highest BCUT2D eigenvalue weighted by Crippen LogP contribution is 2.27. The molecule has 30 heavy (non-hydrogen) atoms. The molecule has 1 fully saturated rings. The van der Waals surface area contributed by atoms with Crippen LogP contribution in [0.25, 0.3) is 0 Å². The maximum absolute atomic E-state index is 13.4. The maximum Gasteiger partial charge on any atom is 0.260 e. The highest BCUT2D eigenvalue weighted by Gasteiger charge is 2.26. The number of carbonyl (C=O) groups excluding carboxylic acids is 1. The lowest BCUT2D eigenvalue weighted by Gasteiger charge is -2.14. The molecule has 3 rings (SSSR count). The Morgan fingerprint density at radius 3 is 2.73 bits per heavy atom. The van der Waals surface area contributed by atoms with Gasteiger partial charge in [-0.15, -0.1) is 0 Å². The number of hydrogen-bond donors (Lipinski definition) is 1. The molecule has 1 aromatic heterocycles. The zero-order valence-electron chi connectivity index (χ0n) is 16.8. The van der Waals surface area contributed by atoms with Crippen LogP contribution < -0.4 is 10.1 Å². The van der Waals surface area contributed by atoms with E-state index in [0.717, 1.165) is 0 Å². The van der Waals surface area contributed by atoms with Gasteiger partial charge in [0.25, 0.3) is 5.91 Å². The van der Waals surface area contributed by atoms with Crippen LogP contribution in [0.5, 0.6) is 5.75 Å². The van der Waals surface area contributed by atoms with Crippen molar-refractivity contribution in [1.82, 2.24) is 4.98 Å². The van der Waals surface area contributed by atoms with E-state index in [2.05, 4.69) is 10.3 Å². The zero-order chi connectivity index (χ0) is 21.0. The molecule has 1 aliphatic heterocycles. The number of rotatable bonds is 7. The molecule has 1 aliphatic rings. The van der Waals surface area contributed by atoms with Gasteiger partial charge in [0.1, 0.15) is 17.4 Å². The van der Waals surface area contributed by atoms with Gasteiger partial charge in [-0.2, -0.15) is 13.5 Å². The van der Waals surface area contributed by atoms with Crippen molar-refractivity contribution in [2.24, 2.45) is 5.92 Å². The largest absolute Gasteiger partial charge is 0.493 e. The van der Waals surface area contributed by atoms with Crippen LogP contribution in [0.15, 0.2) is 35.2 Å². The zero-order valence-corrected chi connectivity index (χ0v) is 18.6. The number of carbonyl (C=O) groups is 1. The lowest BCUT2D eigenvalue weighted by Crippen LogP contribution is -2.19. The third kappa shape index (κ3) is 5.71. The number of amides is 1. The molecule has 1 saturated heterocycles. The number of hydrogen-bond acceptors (Lipinski definition) is 6. The van der Waals surface area contributed by atoms with Crippen LogP contribution in [0.3, 0.4) is 0 Å². The van der Waals surface area contributed by atoms with E-state index >= 15 is 0 Å². The van der Waals surface area contributed by atoms with Gasteiger partial charge < -0.3 is 14.8 Å². The van der Waals surface area contributed by atoms with E-state index in [1.165, 1.54) is 37.3 Å². The van der Waals surface area contributed by atoms with Crippen molar-refractivity contribution in [3.8, 4) is 5.75 Å². The quantitative estimate of drug-likeness (QED) is 0.688. The van der Waals surface area contributed by atoms with Gasteiger partial charge in [0.15, 0.2) is 9.84 Å². The number of nitrogens with zero attached hydrogens (tertiary/aromatic N) is 1. The molecular formula is C20H25FN2O5S2. The van der Waals surface area contributed by atoms with E-state index in [1.807, 2.05) is 0 Å². The SMILES string of the molecule is CCOc1ccc(S(=O)(=O)C[C@H]2CCOC2)cc1C(=O)Nc1ccc(F)c(C)n1.S. The summed E-state index contributed by atoms with van der Waals surface area (Å²) in [4.78, 5) is 16.8. The van der Waals surface area contributed by atoms with Crippen LogP contribution in [0.1, 0.15) is 29.4 Å². The molecule has 0 unspecified atom stereocenters. The summed E-state index contributed by atoms with van der Waals surface area (Å²) in [6.45, 7) is 4.52. The molecule has 1 amide bonds. The first-order valence-electron chi connectivity index (χ1n) is 9.32. The number of halogens is 1. The van der Waals surface area contributed by atoms with E-state index in [9.17, 15) is 17.6 Å². The number of ether oxygens (including phenoxy) is 2. The number of sulfone groups is 1. The summed E-state index contributed by atoms with van der Waals surface area (Å²) in [5.74, 6) is -0.758. The molecule has 1 N–H and O–H groups in total. The van der Waals surface area contributed by atoms with Crippen molar-refractivity contribution in [2.75, 3.05) is 30.9 Å². The van der Waals surface area contributed by atoms with Gasteiger partial charge in [-0.25, -0.2) is 17.8 Å². The average molecular weight is 457 g/mol. The van der Waals surface area contributed by atoms with Crippen LogP contribution >= 0.6 is 13.5 Å². The summed E-state index contributed by atoms with van der Waals surface area (Å²) in [6, 6.07) is 6.75. The van der Waals surface area contributed by atoms with E-state index in [0.29, 0.717) is 26.2 Å². The van der Waals surface area contributed by atoms with Crippen molar-refractivity contribution >= 4 is 35.1 Å². The van der Waals surface area contributed by atoms with Crippen molar-refractivity contribution in [2.45, 2.75) is 25.2 Å². The standard InChI is InChI=1S/C20H23FN2O5S.H2S/c1-3-28-18-6-4-15(29(25,26)12-14-8-9-27-11-14)10-16(18)20(24)23-19-7-5-17(21)13(2)22-19;/h4-7,10,14H,3,8-9,11-12H2,1-2H3,(H,22,23,24);1H2/t14-;/m0./s1. The lowest BCUT2D eigenvalue weighted by atomic mass is 10.2. The molecule has 1 atom stereocenters. The molecule has 2 aromatic rings. The summed E-state index contributed by atoms with van der Waals surface area (Å²) < 4.78 is 49.7. The minimum Gasteiger partial charge on any atom is -0.493 e. The number of anilines is 1. The fourth-order valence-electron chi connectivity index (χ4n) is 3.08. The van der Waals surface area contributed by atoms with Crippen molar-refractivity contribution < 1.29 is 27.1 Å². The van der Waals surface area contributed by atoms with Gasteiger partial charge in [0.2, 0.25) is 0 Å². The molecule has 1 aromatic carbocycles. The first-order valence-corrected chi connectivity index (χ1v) is 11.0. The Bertz CT molecular complexity index is 1010. The fourth-order valence-corrected chi connectivity index (χ4v) is 4.73. The Morgan fingerprint density at radius 1 is 1.33 bits per heavy atom. The number of nitrogens with one attached hydrogen (secondary N) is 1. The highest BCUT2D eigenvalue weighted by atomic mass is 32.2. The van der Waals surface area contributed by atoms with Gasteiger partial charge in [0.05, 0.1) is 35.1 Å². The minimum atomic E-state index is -3.60. The van der Waals surface area contributed by atoms with Gasteiger partial charge >= 0.3 is 0 Å². The Labute approximate surface area is 182 Å². The van der Waals surface area contributed by atoms with Crippen LogP contribution in [-0.2, 0) is 14.6 Å². The first kappa shape index (κ1) is 24.1. The summed E-state index contributed by atoms with van der Waals surface area (Å²) in [6.07, 6.45) is 0.694. The second-order valence-corrected chi connectivity index (χ2v) is 8.85. The lowest BCUT2D eigenvalue weighted by molar-refractivity contribution is 0.102. The predicted molar refractivity (Wildman–Crippen MR) is 116 cm³/mol. The fraction of sp³-hybridized carbons (Fsp3) is 0.400. The van der Waals surface area contributed by atoms with Crippen LogP contribution in [0.4, 0.5) is 10.2 Å². The molecule has 10 heteroatoms. The number of aryl methyl sites for hydroxylation is 1. The Balaban J connectivity index is 0.00000320. The second-order valence-electron chi connectivity index (χ2n) is 6.82. The molecule has 0 radical (unpaired) electrons. The Hall–Kier alpha value is -2.17. The Kier molecular flexibility index (Phi) is 8.22. The third-order valence-electron chi connectivity index (χ3n) is 4.60. The molecular weight excluding hydrogens is 431 g/mol. The van der Waals surface area contributed by atoms with Crippen LogP contribution in [0, 0.1) is 18.7 Å². The van der Waals surface area contributed by atoms with E-state index in [-0.39, 0.29) is 52.9 Å². The molecule has 0 saturated carbocycles. The van der Waals surface area contributed by atoms with Gasteiger partial charge in [-0.1, -0.05) is 0 Å². The Morgan fingerprint density at radius 2 is 2.10 bits per heavy atom. The van der Waals surface area contributed by atoms with Crippen molar-refractivity contribution in [3.05, 3.63) is 47.4 Å². The molecule has 7 nitrogen and oxygen atoms in total. The summed E-state index contributed by atoms with van der Waals surface area (Å²) in [5.41, 5.74) is 0.210. The van der Waals surface area contributed by atoms with Gasteiger partial charge in [-0.05, 0) is 56.5 Å². The predicted octanol–water partition coefficient (Wildman–Crippen LogP) is 3.10. The van der Waals surface area contributed by atoms with E-state index < -0.39 is 21.6 Å². The third-order valence-corrected chi connectivity index (χ3v) is 6.48. The first-order chi connectivity index (χ1) is 13.8. The van der Waals surface area contributed by atoms with E-state index in [4.69, 9.17) is 9.47 Å². The topological polar surface area (TPSA) is 94.6 Å². The number of pyridine rings is 1. The average Bonchev–Trinajstić information content (AvgIpc) is 3.17. The number of aromatic nitrogens is 1. The van der Waals surface area contributed by atoms with Crippen molar-refractivity contribution in [3.63, 3.8) is 0 Å². The minimum absolute atomic E-state index is 0. The molecule has 0 aliphatic carbocycles.